The summed E-state index contributed by atoms with van der Waals surface area (Å²) in [6.45, 7) is 0. The van der Waals surface area contributed by atoms with E-state index in [1.807, 2.05) is 36.4 Å². The first-order valence-corrected chi connectivity index (χ1v) is 23.0. The van der Waals surface area contributed by atoms with Crippen molar-refractivity contribution >= 4 is 93.7 Å². The lowest BCUT2D eigenvalue weighted by atomic mass is 9.96. The predicted octanol–water partition coefficient (Wildman–Crippen LogP) is 18.7. The highest BCUT2D eigenvalue weighted by molar-refractivity contribution is 6.14. The number of hydrogen-bond donors (Lipinski definition) is 0. The molecule has 3 aromatic heterocycles. The Morgan fingerprint density at radius 3 is 1.13 bits per heavy atom. The third-order valence-electron chi connectivity index (χ3n) is 13.7. The van der Waals surface area contributed by atoms with Gasteiger partial charge >= 0.3 is 0 Å². The van der Waals surface area contributed by atoms with Crippen LogP contribution in [0.4, 0.5) is 17.1 Å². The van der Waals surface area contributed by atoms with Crippen LogP contribution in [0, 0.1) is 0 Å². The number of fused-ring (bicyclic) bond motifs is 10. The van der Waals surface area contributed by atoms with Crippen LogP contribution in [0.15, 0.2) is 250 Å². The first kappa shape index (κ1) is 38.2. The van der Waals surface area contributed by atoms with Crippen LogP contribution in [0.25, 0.3) is 121 Å². The molecule has 0 unspecified atom stereocenters. The lowest BCUT2D eigenvalue weighted by molar-refractivity contribution is 0.668. The Morgan fingerprint density at radius 2 is 0.603 bits per heavy atom. The molecule has 0 aliphatic carbocycles. The number of hydrogen-bond acceptors (Lipinski definition) is 4. The summed E-state index contributed by atoms with van der Waals surface area (Å²) in [6.07, 6.45) is 0. The van der Waals surface area contributed by atoms with E-state index >= 15 is 0 Å². The van der Waals surface area contributed by atoms with Gasteiger partial charge in [-0.25, -0.2) is 0 Å². The van der Waals surface area contributed by atoms with E-state index < -0.39 is 0 Å². The first-order chi connectivity index (χ1) is 33.7. The smallest absolute Gasteiger partial charge is 0.136 e. The van der Waals surface area contributed by atoms with Crippen molar-refractivity contribution in [3.8, 4) is 44.5 Å². The number of rotatable bonds is 7. The van der Waals surface area contributed by atoms with Crippen LogP contribution in [0.2, 0.25) is 0 Å². The number of furan rings is 3. The zero-order valence-electron chi connectivity index (χ0n) is 36.7. The van der Waals surface area contributed by atoms with Crippen molar-refractivity contribution in [1.29, 1.82) is 0 Å². The predicted molar refractivity (Wildman–Crippen MR) is 282 cm³/mol. The molecule has 4 nitrogen and oxygen atoms in total. The fourth-order valence-corrected chi connectivity index (χ4v) is 10.4. The maximum absolute atomic E-state index is 6.26. The Kier molecular flexibility index (Phi) is 8.55. The monoisotopic (exact) mass is 869 g/mol. The average Bonchev–Trinajstić information content (AvgIpc) is 4.10. The molecular weight excluding hydrogens is 831 g/mol. The molecule has 14 aromatic rings. The number of anilines is 3. The summed E-state index contributed by atoms with van der Waals surface area (Å²) in [7, 11) is 0. The standard InChI is InChI=1S/C64H39NO3/c1-4-14-57-53(9-1)56-39-47(29-36-60(56)66-57)46-22-21-44-37-43(19-20-45(44)38-46)40-23-30-48(31-24-40)65(49-32-25-41(26-33-49)51-12-7-17-61-63(51)54-10-2-5-15-58(54)67-61)50-34-27-42(28-35-50)52-13-8-18-62-64(52)55-11-3-6-16-59(55)68-62/h1-39H. The van der Waals surface area contributed by atoms with Crippen LogP contribution in [-0.4, -0.2) is 0 Å². The number of benzene rings is 11. The van der Waals surface area contributed by atoms with Gasteiger partial charge in [-0.1, -0.05) is 146 Å². The maximum Gasteiger partial charge on any atom is 0.136 e. The summed E-state index contributed by atoms with van der Waals surface area (Å²) in [4.78, 5) is 2.34. The summed E-state index contributed by atoms with van der Waals surface area (Å²) in [6, 6.07) is 84.2. The van der Waals surface area contributed by atoms with Crippen molar-refractivity contribution in [2.24, 2.45) is 0 Å². The molecule has 0 aliphatic rings. The Labute approximate surface area is 391 Å². The van der Waals surface area contributed by atoms with Crippen LogP contribution in [0.1, 0.15) is 0 Å². The second-order valence-corrected chi connectivity index (χ2v) is 17.6. The lowest BCUT2D eigenvalue weighted by Crippen LogP contribution is -2.09. The molecule has 318 valence electrons. The lowest BCUT2D eigenvalue weighted by Gasteiger charge is -2.26. The topological polar surface area (TPSA) is 42.7 Å². The van der Waals surface area contributed by atoms with Crippen molar-refractivity contribution in [3.63, 3.8) is 0 Å². The summed E-state index contributed by atoms with van der Waals surface area (Å²) in [5, 5.41) is 9.19. The van der Waals surface area contributed by atoms with Crippen molar-refractivity contribution in [1.82, 2.24) is 0 Å². The van der Waals surface area contributed by atoms with Gasteiger partial charge in [0, 0.05) is 49.4 Å². The zero-order chi connectivity index (χ0) is 44.7. The molecule has 0 saturated heterocycles. The van der Waals surface area contributed by atoms with Gasteiger partial charge in [-0.05, 0) is 146 Å². The molecule has 0 spiro atoms. The summed E-state index contributed by atoms with van der Waals surface area (Å²) in [5.74, 6) is 0. The zero-order valence-corrected chi connectivity index (χ0v) is 36.7. The number of nitrogens with zero attached hydrogens (tertiary/aromatic N) is 1. The fraction of sp³-hybridized carbons (Fsp3) is 0. The summed E-state index contributed by atoms with van der Waals surface area (Å²) < 4.78 is 18.6. The molecule has 0 saturated carbocycles. The van der Waals surface area contributed by atoms with E-state index in [4.69, 9.17) is 13.3 Å². The molecule has 0 aliphatic heterocycles. The van der Waals surface area contributed by atoms with E-state index in [0.717, 1.165) is 111 Å². The molecule has 0 radical (unpaired) electrons. The molecular formula is C64H39NO3. The minimum absolute atomic E-state index is 0.891. The van der Waals surface area contributed by atoms with Gasteiger partial charge in [-0.3, -0.25) is 0 Å². The first-order valence-electron chi connectivity index (χ1n) is 23.0. The van der Waals surface area contributed by atoms with Crippen LogP contribution in [0.3, 0.4) is 0 Å². The normalized spacial score (nSPS) is 11.8. The SMILES string of the molecule is c1ccc2c(c1)oc1ccc(-c3ccc4cc(-c5ccc(N(c6ccc(-c7cccc8oc9ccccc9c78)cc6)c6ccc(-c7cccc8oc9ccccc9c78)cc6)cc5)ccc4c3)cc12. The van der Waals surface area contributed by atoms with Crippen molar-refractivity contribution < 1.29 is 13.3 Å². The van der Waals surface area contributed by atoms with Gasteiger partial charge in [0.05, 0.1) is 0 Å². The molecule has 11 aromatic carbocycles. The van der Waals surface area contributed by atoms with E-state index in [-0.39, 0.29) is 0 Å². The van der Waals surface area contributed by atoms with Gasteiger partial charge in [-0.15, -0.1) is 0 Å². The number of para-hydroxylation sites is 3. The Hall–Kier alpha value is -9.12. The minimum atomic E-state index is 0.891. The van der Waals surface area contributed by atoms with E-state index in [1.165, 1.54) is 27.5 Å². The third-order valence-corrected chi connectivity index (χ3v) is 13.7. The summed E-state index contributed by atoms with van der Waals surface area (Å²) >= 11 is 0. The third kappa shape index (κ3) is 6.23. The Bertz CT molecular complexity index is 4090. The van der Waals surface area contributed by atoms with Gasteiger partial charge < -0.3 is 18.2 Å². The van der Waals surface area contributed by atoms with Gasteiger partial charge in [-0.2, -0.15) is 0 Å². The van der Waals surface area contributed by atoms with E-state index in [9.17, 15) is 0 Å². The van der Waals surface area contributed by atoms with Crippen molar-refractivity contribution in [2.75, 3.05) is 4.90 Å². The van der Waals surface area contributed by atoms with Crippen LogP contribution in [-0.2, 0) is 0 Å². The molecule has 0 atom stereocenters. The highest BCUT2D eigenvalue weighted by Crippen LogP contribution is 2.43. The second kappa shape index (κ2) is 15.2. The fourth-order valence-electron chi connectivity index (χ4n) is 10.4. The van der Waals surface area contributed by atoms with Crippen molar-refractivity contribution in [3.05, 3.63) is 237 Å². The van der Waals surface area contributed by atoms with Crippen LogP contribution < -0.4 is 4.90 Å². The van der Waals surface area contributed by atoms with E-state index in [0.29, 0.717) is 0 Å². The van der Waals surface area contributed by atoms with Crippen molar-refractivity contribution in [2.45, 2.75) is 0 Å². The molecule has 68 heavy (non-hydrogen) atoms. The molecule has 14 rings (SSSR count). The van der Waals surface area contributed by atoms with E-state index in [1.54, 1.807) is 0 Å². The van der Waals surface area contributed by atoms with Gasteiger partial charge in [0.2, 0.25) is 0 Å². The molecule has 0 amide bonds. The quantitative estimate of drug-likeness (QED) is 0.160. The molecule has 0 fully saturated rings. The second-order valence-electron chi connectivity index (χ2n) is 17.6. The largest absolute Gasteiger partial charge is 0.456 e. The highest BCUT2D eigenvalue weighted by atomic mass is 16.3. The van der Waals surface area contributed by atoms with Crippen LogP contribution >= 0.6 is 0 Å². The summed E-state index contributed by atoms with van der Waals surface area (Å²) in [5.41, 5.74) is 17.8. The molecule has 4 heteroatoms. The van der Waals surface area contributed by atoms with E-state index in [2.05, 4.69) is 205 Å². The highest BCUT2D eigenvalue weighted by Gasteiger charge is 2.18. The molecule has 0 N–H and O–H groups in total. The minimum Gasteiger partial charge on any atom is -0.456 e. The van der Waals surface area contributed by atoms with Gasteiger partial charge in [0.1, 0.15) is 33.5 Å². The average molecular weight is 870 g/mol. The Balaban J connectivity index is 0.819. The Morgan fingerprint density at radius 1 is 0.235 bits per heavy atom. The maximum atomic E-state index is 6.26. The molecule has 3 heterocycles. The van der Waals surface area contributed by atoms with Gasteiger partial charge in [0.25, 0.3) is 0 Å². The molecule has 0 bridgehead atoms. The van der Waals surface area contributed by atoms with Gasteiger partial charge in [0.15, 0.2) is 0 Å². The van der Waals surface area contributed by atoms with Crippen LogP contribution in [0.5, 0.6) is 0 Å².